The number of allylic oxidation sites excluding steroid dienone is 1. The van der Waals surface area contributed by atoms with Crippen molar-refractivity contribution in [2.75, 3.05) is 0 Å². The van der Waals surface area contributed by atoms with E-state index in [-0.39, 0.29) is 0 Å². The molecular weight excluding hydrogens is 245 g/mol. The largest absolute Gasteiger partial charge is 0.416 e. The van der Waals surface area contributed by atoms with Gasteiger partial charge in [0.05, 0.1) is 5.56 Å². The maximum absolute atomic E-state index is 12.6. The molecule has 1 heterocycles. The lowest BCUT2D eigenvalue weighted by Crippen LogP contribution is -2.05. The smallest absolute Gasteiger partial charge is 0.201 e. The second-order valence-corrected chi connectivity index (χ2v) is 7.48. The van der Waals surface area contributed by atoms with Gasteiger partial charge in [-0.25, -0.2) is 10.9 Å². The first-order chi connectivity index (χ1) is 7.80. The summed E-state index contributed by atoms with van der Waals surface area (Å²) in [6.45, 7) is 6.25. The number of thiol groups is 1. The lowest BCUT2D eigenvalue weighted by atomic mass is 10.1. The summed E-state index contributed by atoms with van der Waals surface area (Å²) >= 11 is 0. The summed E-state index contributed by atoms with van der Waals surface area (Å²) in [6.07, 6.45) is -2.35. The third-order valence-electron chi connectivity index (χ3n) is 2.88. The Kier molecular flexibility index (Phi) is 3.02. The molecule has 94 valence electrons. The Morgan fingerprint density at radius 2 is 1.82 bits per heavy atom. The van der Waals surface area contributed by atoms with Gasteiger partial charge in [0.1, 0.15) is 0 Å². The van der Waals surface area contributed by atoms with Crippen molar-refractivity contribution in [1.29, 1.82) is 0 Å². The molecule has 0 N–H and O–H groups in total. The van der Waals surface area contributed by atoms with E-state index in [1.54, 1.807) is 6.07 Å². The minimum Gasteiger partial charge on any atom is -0.201 e. The van der Waals surface area contributed by atoms with Crippen LogP contribution in [-0.2, 0) is 6.18 Å². The van der Waals surface area contributed by atoms with E-state index in [9.17, 15) is 13.2 Å². The fourth-order valence-corrected chi connectivity index (χ4v) is 4.91. The Morgan fingerprint density at radius 3 is 2.35 bits per heavy atom. The van der Waals surface area contributed by atoms with Crippen LogP contribution in [0.25, 0.3) is 6.08 Å². The van der Waals surface area contributed by atoms with Crippen molar-refractivity contribution < 1.29 is 13.2 Å². The van der Waals surface area contributed by atoms with Gasteiger partial charge in [0.15, 0.2) is 0 Å². The average Bonchev–Trinajstić information content (AvgIpc) is 2.50. The second-order valence-electron chi connectivity index (χ2n) is 4.52. The number of rotatable bonds is 1. The summed E-state index contributed by atoms with van der Waals surface area (Å²) in [7, 11) is -0.436. The van der Waals surface area contributed by atoms with Gasteiger partial charge in [-0.05, 0) is 51.8 Å². The quantitative estimate of drug-likeness (QED) is 0.686. The highest BCUT2D eigenvalue weighted by atomic mass is 32.2. The molecule has 17 heavy (non-hydrogen) atoms. The zero-order valence-corrected chi connectivity index (χ0v) is 10.9. The van der Waals surface area contributed by atoms with E-state index in [4.69, 9.17) is 0 Å². The Labute approximate surface area is 102 Å². The van der Waals surface area contributed by atoms with Gasteiger partial charge in [-0.1, -0.05) is 13.8 Å². The van der Waals surface area contributed by atoms with E-state index in [1.165, 1.54) is 17.0 Å². The molecule has 0 aromatic heterocycles. The van der Waals surface area contributed by atoms with Gasteiger partial charge >= 0.3 is 6.18 Å². The number of fused-ring (bicyclic) bond motifs is 1. The van der Waals surface area contributed by atoms with Gasteiger partial charge in [-0.2, -0.15) is 13.2 Å². The van der Waals surface area contributed by atoms with Gasteiger partial charge in [-0.15, -0.1) is 0 Å². The summed E-state index contributed by atoms with van der Waals surface area (Å²) in [5, 5.41) is 0.472. The van der Waals surface area contributed by atoms with Crippen LogP contribution in [0.2, 0.25) is 0 Å². The number of hydrogen-bond donors (Lipinski definition) is 1. The molecule has 1 unspecified atom stereocenters. The minimum atomic E-state index is -4.25. The van der Waals surface area contributed by atoms with Crippen molar-refractivity contribution in [3.63, 3.8) is 0 Å². The van der Waals surface area contributed by atoms with Crippen LogP contribution in [0.1, 0.15) is 31.9 Å². The predicted molar refractivity (Wildman–Crippen MR) is 67.5 cm³/mol. The lowest BCUT2D eigenvalue weighted by Gasteiger charge is -2.23. The lowest BCUT2D eigenvalue weighted by molar-refractivity contribution is -0.137. The van der Waals surface area contributed by atoms with Gasteiger partial charge in [0.2, 0.25) is 0 Å². The molecule has 1 aromatic rings. The van der Waals surface area contributed by atoms with Crippen molar-refractivity contribution in [3.05, 3.63) is 34.2 Å². The standard InChI is InChI=1S/C13H15F3S/c1-8(2)17-9(3)6-10-7-11(13(14,15)16)4-5-12(10)17/h4-8,17H,1-3H3. The Morgan fingerprint density at radius 1 is 1.18 bits per heavy atom. The van der Waals surface area contributed by atoms with Crippen molar-refractivity contribution in [1.82, 2.24) is 0 Å². The Bertz CT molecular complexity index is 472. The van der Waals surface area contributed by atoms with E-state index >= 15 is 0 Å². The zero-order chi connectivity index (χ0) is 12.8. The van der Waals surface area contributed by atoms with Crippen molar-refractivity contribution in [3.8, 4) is 0 Å². The molecule has 0 amide bonds. The summed E-state index contributed by atoms with van der Waals surface area (Å²) < 4.78 is 37.8. The molecule has 0 saturated heterocycles. The van der Waals surface area contributed by atoms with Gasteiger partial charge in [0, 0.05) is 0 Å². The molecule has 4 heteroatoms. The van der Waals surface area contributed by atoms with Gasteiger partial charge < -0.3 is 0 Å². The van der Waals surface area contributed by atoms with Gasteiger partial charge in [-0.3, -0.25) is 0 Å². The molecule has 1 aromatic carbocycles. The van der Waals surface area contributed by atoms with Crippen LogP contribution in [0.15, 0.2) is 28.0 Å². The highest BCUT2D eigenvalue weighted by Gasteiger charge is 2.32. The average molecular weight is 260 g/mol. The topological polar surface area (TPSA) is 0 Å². The normalized spacial score (nSPS) is 21.6. The number of benzene rings is 1. The maximum Gasteiger partial charge on any atom is 0.416 e. The summed E-state index contributed by atoms with van der Waals surface area (Å²) in [6, 6.07) is 4.11. The Hall–Kier alpha value is -0.900. The van der Waals surface area contributed by atoms with E-state index in [2.05, 4.69) is 13.8 Å². The van der Waals surface area contributed by atoms with E-state index in [1.807, 2.05) is 13.0 Å². The fraction of sp³-hybridized carbons (Fsp3) is 0.385. The van der Waals surface area contributed by atoms with E-state index in [0.717, 1.165) is 10.5 Å². The first kappa shape index (κ1) is 12.6. The highest BCUT2D eigenvalue weighted by Crippen LogP contribution is 2.55. The molecule has 0 aliphatic carbocycles. The van der Waals surface area contributed by atoms with Crippen molar-refractivity contribution in [2.24, 2.45) is 0 Å². The van der Waals surface area contributed by atoms with Crippen LogP contribution >= 0.6 is 10.9 Å². The minimum absolute atomic E-state index is 0.436. The molecule has 0 radical (unpaired) electrons. The third kappa shape index (κ3) is 2.23. The number of halogens is 3. The highest BCUT2D eigenvalue weighted by molar-refractivity contribution is 8.21. The summed E-state index contributed by atoms with van der Waals surface area (Å²) in [5.74, 6) is 0. The summed E-state index contributed by atoms with van der Waals surface area (Å²) in [5.41, 5.74) is 0.193. The van der Waals surface area contributed by atoms with Crippen molar-refractivity contribution in [2.45, 2.75) is 37.1 Å². The second kappa shape index (κ2) is 4.09. The van der Waals surface area contributed by atoms with Crippen LogP contribution in [-0.4, -0.2) is 5.25 Å². The van der Waals surface area contributed by atoms with Gasteiger partial charge in [0.25, 0.3) is 0 Å². The zero-order valence-electron chi connectivity index (χ0n) is 9.97. The molecule has 0 saturated carbocycles. The van der Waals surface area contributed by atoms with Crippen LogP contribution in [0.4, 0.5) is 13.2 Å². The number of alkyl halides is 3. The molecule has 0 fully saturated rings. The molecule has 0 nitrogen and oxygen atoms in total. The predicted octanol–water partition coefficient (Wildman–Crippen LogP) is 4.85. The number of hydrogen-bond acceptors (Lipinski definition) is 0. The Balaban J connectivity index is 2.47. The van der Waals surface area contributed by atoms with Crippen LogP contribution < -0.4 is 0 Å². The molecule has 0 bridgehead atoms. The van der Waals surface area contributed by atoms with Crippen LogP contribution in [0, 0.1) is 0 Å². The summed E-state index contributed by atoms with van der Waals surface area (Å²) in [4.78, 5) is 2.30. The van der Waals surface area contributed by atoms with Crippen molar-refractivity contribution >= 4 is 17.0 Å². The molecule has 1 aliphatic heterocycles. The SMILES string of the molecule is CC1=Cc2cc(C(F)(F)F)ccc2[SH]1C(C)C. The molecule has 2 rings (SSSR count). The first-order valence-electron chi connectivity index (χ1n) is 5.49. The molecule has 1 atom stereocenters. The van der Waals surface area contributed by atoms with E-state index < -0.39 is 22.6 Å². The molecule has 1 aliphatic rings. The third-order valence-corrected chi connectivity index (χ3v) is 5.72. The monoisotopic (exact) mass is 260 g/mol. The fourth-order valence-electron chi connectivity index (χ4n) is 2.24. The van der Waals surface area contributed by atoms with Crippen LogP contribution in [0.3, 0.4) is 0 Å². The molecule has 0 spiro atoms. The molecular formula is C13H15F3S. The van der Waals surface area contributed by atoms with Crippen LogP contribution in [0.5, 0.6) is 0 Å². The van der Waals surface area contributed by atoms with E-state index in [0.29, 0.717) is 5.25 Å². The maximum atomic E-state index is 12.6. The first-order valence-corrected chi connectivity index (χ1v) is 6.90.